The number of carboxylic acid groups (broad SMARTS) is 1. The molecule has 116 valence electrons. The Bertz CT molecular complexity index is 502. The average Bonchev–Trinajstić information content (AvgIpc) is 2.44. The lowest BCUT2D eigenvalue weighted by Gasteiger charge is -2.26. The minimum Gasteiger partial charge on any atom is -0.480 e. The number of carbonyl (C=O) groups is 2. The summed E-state index contributed by atoms with van der Waals surface area (Å²) in [5.41, 5.74) is 1.82. The maximum Gasteiger partial charge on any atom is 0.326 e. The molecule has 1 aromatic rings. The molecular weight excluding hydrogens is 268 g/mol. The lowest BCUT2D eigenvalue weighted by Crippen LogP contribution is -2.50. The van der Waals surface area contributed by atoms with Gasteiger partial charge in [0.1, 0.15) is 6.04 Å². The third kappa shape index (κ3) is 4.48. The Morgan fingerprint density at radius 2 is 2.00 bits per heavy atom. The predicted octanol–water partition coefficient (Wildman–Crippen LogP) is 3.03. The van der Waals surface area contributed by atoms with Gasteiger partial charge in [0.25, 0.3) is 0 Å². The first-order valence-electron chi connectivity index (χ1n) is 7.28. The second-order valence-electron chi connectivity index (χ2n) is 5.23. The Morgan fingerprint density at radius 3 is 2.48 bits per heavy atom. The largest absolute Gasteiger partial charge is 0.480 e. The van der Waals surface area contributed by atoms with Crippen LogP contribution in [0, 0.1) is 12.8 Å². The number of carboxylic acids is 1. The quantitative estimate of drug-likeness (QED) is 0.846. The van der Waals surface area contributed by atoms with Crippen LogP contribution in [0.15, 0.2) is 24.3 Å². The second-order valence-corrected chi connectivity index (χ2v) is 5.23. The third-order valence-corrected chi connectivity index (χ3v) is 3.63. The molecule has 0 unspecified atom stereocenters. The maximum atomic E-state index is 12.4. The van der Waals surface area contributed by atoms with Gasteiger partial charge in [-0.05, 0) is 37.5 Å². The van der Waals surface area contributed by atoms with Crippen molar-refractivity contribution in [2.75, 3.05) is 11.4 Å². The lowest BCUT2D eigenvalue weighted by molar-refractivity contribution is -0.140. The van der Waals surface area contributed by atoms with Crippen LogP contribution in [0.5, 0.6) is 0 Å². The molecule has 0 aromatic heterocycles. The van der Waals surface area contributed by atoms with Crippen LogP contribution in [0.4, 0.5) is 10.5 Å². The Hall–Kier alpha value is -2.04. The zero-order chi connectivity index (χ0) is 16.0. The van der Waals surface area contributed by atoms with Crippen LogP contribution in [-0.2, 0) is 4.79 Å². The van der Waals surface area contributed by atoms with Crippen LogP contribution in [0.3, 0.4) is 0 Å². The number of anilines is 1. The van der Waals surface area contributed by atoms with E-state index in [0.717, 1.165) is 11.3 Å². The summed E-state index contributed by atoms with van der Waals surface area (Å²) in [6.07, 6.45) is 0.688. The van der Waals surface area contributed by atoms with Gasteiger partial charge in [-0.15, -0.1) is 0 Å². The topological polar surface area (TPSA) is 69.6 Å². The molecule has 0 aliphatic carbocycles. The second kappa shape index (κ2) is 7.67. The molecule has 0 spiro atoms. The minimum atomic E-state index is -1.00. The summed E-state index contributed by atoms with van der Waals surface area (Å²) in [5, 5.41) is 11.9. The smallest absolute Gasteiger partial charge is 0.326 e. The van der Waals surface area contributed by atoms with E-state index >= 15 is 0 Å². The molecule has 0 saturated carbocycles. The summed E-state index contributed by atoms with van der Waals surface area (Å²) >= 11 is 0. The Labute approximate surface area is 126 Å². The summed E-state index contributed by atoms with van der Waals surface area (Å²) in [5.74, 6) is -1.12. The van der Waals surface area contributed by atoms with Crippen molar-refractivity contribution in [2.24, 2.45) is 5.92 Å². The predicted molar refractivity (Wildman–Crippen MR) is 83.6 cm³/mol. The first-order valence-corrected chi connectivity index (χ1v) is 7.28. The zero-order valence-corrected chi connectivity index (χ0v) is 13.1. The number of nitrogens with one attached hydrogen (secondary N) is 1. The van der Waals surface area contributed by atoms with Crippen molar-refractivity contribution in [2.45, 2.75) is 40.2 Å². The van der Waals surface area contributed by atoms with E-state index in [2.05, 4.69) is 5.32 Å². The van der Waals surface area contributed by atoms with Crippen LogP contribution >= 0.6 is 0 Å². The normalized spacial score (nSPS) is 13.3. The minimum absolute atomic E-state index is 0.123. The fourth-order valence-corrected chi connectivity index (χ4v) is 2.13. The molecule has 5 nitrogen and oxygen atoms in total. The van der Waals surface area contributed by atoms with Gasteiger partial charge in [-0.3, -0.25) is 4.90 Å². The monoisotopic (exact) mass is 292 g/mol. The fourth-order valence-electron chi connectivity index (χ4n) is 2.13. The van der Waals surface area contributed by atoms with Gasteiger partial charge >= 0.3 is 12.0 Å². The number of hydrogen-bond acceptors (Lipinski definition) is 2. The molecule has 0 bridgehead atoms. The number of hydrogen-bond donors (Lipinski definition) is 2. The first-order chi connectivity index (χ1) is 9.90. The number of aliphatic carboxylic acids is 1. The maximum absolute atomic E-state index is 12.4. The van der Waals surface area contributed by atoms with Crippen molar-refractivity contribution in [1.82, 2.24) is 5.32 Å². The molecular formula is C16H24N2O3. The van der Waals surface area contributed by atoms with Crippen LogP contribution in [0.2, 0.25) is 0 Å². The summed E-state index contributed by atoms with van der Waals surface area (Å²) in [4.78, 5) is 25.2. The van der Waals surface area contributed by atoms with E-state index in [1.165, 1.54) is 0 Å². The summed E-state index contributed by atoms with van der Waals surface area (Å²) in [7, 11) is 0. The SMILES string of the molecule is CC[C@H](C)[C@H](NC(=O)N(CC)c1cccc(C)c1)C(=O)O. The fraction of sp³-hybridized carbons (Fsp3) is 0.500. The van der Waals surface area contributed by atoms with Crippen LogP contribution in [0.1, 0.15) is 32.8 Å². The van der Waals surface area contributed by atoms with E-state index in [-0.39, 0.29) is 11.9 Å². The van der Waals surface area contributed by atoms with Gasteiger partial charge < -0.3 is 10.4 Å². The summed E-state index contributed by atoms with van der Waals surface area (Å²) in [6.45, 7) is 8.02. The molecule has 0 aliphatic rings. The van der Waals surface area contributed by atoms with Gasteiger partial charge in [-0.25, -0.2) is 9.59 Å². The Balaban J connectivity index is 2.91. The highest BCUT2D eigenvalue weighted by molar-refractivity contribution is 5.94. The number of carbonyl (C=O) groups excluding carboxylic acids is 1. The van der Waals surface area contributed by atoms with E-state index < -0.39 is 12.0 Å². The van der Waals surface area contributed by atoms with Gasteiger partial charge in [0.2, 0.25) is 0 Å². The van der Waals surface area contributed by atoms with Crippen LogP contribution < -0.4 is 10.2 Å². The van der Waals surface area contributed by atoms with E-state index in [4.69, 9.17) is 0 Å². The standard InChI is InChI=1S/C16H24N2O3/c1-5-12(4)14(15(19)20)17-16(21)18(6-2)13-9-7-8-11(3)10-13/h7-10,12,14H,5-6H2,1-4H3,(H,17,21)(H,19,20)/t12-,14-/m0/s1. The van der Waals surface area contributed by atoms with E-state index in [1.807, 2.05) is 52.0 Å². The molecule has 0 radical (unpaired) electrons. The van der Waals surface area contributed by atoms with Gasteiger partial charge in [0.05, 0.1) is 0 Å². The van der Waals surface area contributed by atoms with Gasteiger partial charge in [-0.1, -0.05) is 32.4 Å². The highest BCUT2D eigenvalue weighted by Crippen LogP contribution is 2.17. The molecule has 21 heavy (non-hydrogen) atoms. The van der Waals surface area contributed by atoms with Crippen molar-refractivity contribution in [3.8, 4) is 0 Å². The molecule has 2 atom stereocenters. The molecule has 0 heterocycles. The molecule has 5 heteroatoms. The van der Waals surface area contributed by atoms with E-state index in [9.17, 15) is 14.7 Å². The number of aryl methyl sites for hydroxylation is 1. The molecule has 1 rings (SSSR count). The molecule has 0 aliphatic heterocycles. The number of urea groups is 1. The number of amides is 2. The van der Waals surface area contributed by atoms with Gasteiger partial charge in [0, 0.05) is 12.2 Å². The average molecular weight is 292 g/mol. The molecule has 1 aromatic carbocycles. The zero-order valence-electron chi connectivity index (χ0n) is 13.1. The van der Waals surface area contributed by atoms with Crippen LogP contribution in [0.25, 0.3) is 0 Å². The van der Waals surface area contributed by atoms with Crippen molar-refractivity contribution in [3.05, 3.63) is 29.8 Å². The van der Waals surface area contributed by atoms with Crippen molar-refractivity contribution in [1.29, 1.82) is 0 Å². The highest BCUT2D eigenvalue weighted by Gasteiger charge is 2.27. The lowest BCUT2D eigenvalue weighted by atomic mass is 9.99. The van der Waals surface area contributed by atoms with Crippen molar-refractivity contribution < 1.29 is 14.7 Å². The number of nitrogens with zero attached hydrogens (tertiary/aromatic N) is 1. The Kier molecular flexibility index (Phi) is 6.21. The van der Waals surface area contributed by atoms with Crippen molar-refractivity contribution >= 4 is 17.7 Å². The van der Waals surface area contributed by atoms with E-state index in [0.29, 0.717) is 13.0 Å². The van der Waals surface area contributed by atoms with Gasteiger partial charge in [0.15, 0.2) is 0 Å². The number of benzene rings is 1. The first kappa shape index (κ1) is 17.0. The Morgan fingerprint density at radius 1 is 1.33 bits per heavy atom. The van der Waals surface area contributed by atoms with E-state index in [1.54, 1.807) is 4.90 Å². The van der Waals surface area contributed by atoms with Crippen LogP contribution in [-0.4, -0.2) is 29.7 Å². The molecule has 0 fully saturated rings. The van der Waals surface area contributed by atoms with Crippen molar-refractivity contribution in [3.63, 3.8) is 0 Å². The highest BCUT2D eigenvalue weighted by atomic mass is 16.4. The third-order valence-electron chi connectivity index (χ3n) is 3.63. The summed E-state index contributed by atoms with van der Waals surface area (Å²) < 4.78 is 0. The summed E-state index contributed by atoms with van der Waals surface area (Å²) in [6, 6.07) is 6.33. The number of rotatable bonds is 6. The molecule has 0 saturated heterocycles. The molecule has 2 N–H and O–H groups in total. The van der Waals surface area contributed by atoms with Gasteiger partial charge in [-0.2, -0.15) is 0 Å². The molecule has 2 amide bonds.